The molecule has 2 aliphatic carbocycles. The average molecular weight is 525 g/mol. The molecule has 0 radical (unpaired) electrons. The molecule has 0 bridgehead atoms. The Morgan fingerprint density at radius 2 is 1.84 bits per heavy atom. The molecular weight excluding hydrogens is 488 g/mol. The minimum absolute atomic E-state index is 0.0988. The number of Topliss-reactive ketones (excluding diaryl/α,β-unsaturated/α-hetero) is 1. The maximum Gasteiger partial charge on any atom is 0.164 e. The predicted molar refractivity (Wildman–Crippen MR) is 158 cm³/mol. The normalized spacial score (nSPS) is 15.8. The second-order valence-corrected chi connectivity index (χ2v) is 11.5. The number of nitrogens with zero attached hydrogens (tertiary/aromatic N) is 1. The molecule has 2 saturated carbocycles. The van der Waals surface area contributed by atoms with Gasteiger partial charge in [0.2, 0.25) is 0 Å². The van der Waals surface area contributed by atoms with Gasteiger partial charge < -0.3 is 5.73 Å². The fourth-order valence-corrected chi connectivity index (χ4v) is 5.54. The molecule has 2 N–H and O–H groups in total. The Bertz CT molecular complexity index is 1390. The lowest BCUT2D eigenvalue weighted by Gasteiger charge is -2.16. The molecule has 0 amide bonds. The summed E-state index contributed by atoms with van der Waals surface area (Å²) in [6.07, 6.45) is 9.51. The van der Waals surface area contributed by atoms with Crippen LogP contribution in [0.3, 0.4) is 0 Å². The Balaban J connectivity index is 1.42. The minimum Gasteiger partial charge on any atom is -0.398 e. The molecule has 196 valence electrons. The molecule has 5 rings (SSSR count). The molecule has 1 aromatic heterocycles. The zero-order valence-corrected chi connectivity index (χ0v) is 23.3. The number of hydrogen-bond donors (Lipinski definition) is 1. The van der Waals surface area contributed by atoms with Crippen LogP contribution in [0, 0.1) is 25.7 Å². The maximum atomic E-state index is 13.3. The van der Waals surface area contributed by atoms with Crippen molar-refractivity contribution in [1.29, 1.82) is 0 Å². The van der Waals surface area contributed by atoms with Gasteiger partial charge in [-0.2, -0.15) is 0 Å². The van der Waals surface area contributed by atoms with Gasteiger partial charge >= 0.3 is 0 Å². The quantitative estimate of drug-likeness (QED) is 0.260. The molecule has 3 nitrogen and oxygen atoms in total. The molecule has 2 fully saturated rings. The number of rotatable bonds is 11. The summed E-state index contributed by atoms with van der Waals surface area (Å²) in [5.74, 6) is 1.01. The third-order valence-electron chi connectivity index (χ3n) is 7.99. The fourth-order valence-electron chi connectivity index (χ4n) is 5.22. The zero-order valence-electron chi connectivity index (χ0n) is 22.5. The maximum absolute atomic E-state index is 13.3. The highest BCUT2D eigenvalue weighted by Gasteiger charge is 2.33. The largest absolute Gasteiger partial charge is 0.398 e. The number of pyridine rings is 1. The van der Waals surface area contributed by atoms with Crippen molar-refractivity contribution in [3.63, 3.8) is 0 Å². The Labute approximate surface area is 231 Å². The van der Waals surface area contributed by atoms with Crippen LogP contribution in [-0.4, -0.2) is 10.8 Å². The van der Waals surface area contributed by atoms with Gasteiger partial charge in [-0.05, 0) is 111 Å². The standard InChI is InChI=1S/C34H37ClN2O/c1-4-23-9-8-21(2)27(18-23)20-26-14-15-28(37-31(26)19-24-10-11-24)16-17-29(34(38)25-12-13-25)33(36)32-22(3)6-5-7-30(32)35/h4-9,14-15,18,24-25H,1,10-13,16-17,19-20,36H2,2-3H3. The van der Waals surface area contributed by atoms with E-state index >= 15 is 0 Å². The van der Waals surface area contributed by atoms with Crippen LogP contribution in [0.4, 0.5) is 0 Å². The number of carbonyl (C=O) groups excluding carboxylic acids is 1. The van der Waals surface area contributed by atoms with Gasteiger partial charge in [0.05, 0.1) is 5.02 Å². The van der Waals surface area contributed by atoms with Crippen LogP contribution in [0.1, 0.15) is 76.9 Å². The van der Waals surface area contributed by atoms with E-state index in [-0.39, 0.29) is 11.7 Å². The lowest BCUT2D eigenvalue weighted by Crippen LogP contribution is -2.14. The van der Waals surface area contributed by atoms with Crippen molar-refractivity contribution in [2.75, 3.05) is 0 Å². The molecule has 4 heteroatoms. The van der Waals surface area contributed by atoms with Crippen LogP contribution in [0.25, 0.3) is 11.8 Å². The number of ketones is 1. The van der Waals surface area contributed by atoms with Gasteiger partial charge in [-0.25, -0.2) is 0 Å². The molecular formula is C34H37ClN2O. The predicted octanol–water partition coefficient (Wildman–Crippen LogP) is 7.82. The van der Waals surface area contributed by atoms with E-state index in [4.69, 9.17) is 22.3 Å². The van der Waals surface area contributed by atoms with Crippen LogP contribution in [0.15, 0.2) is 60.7 Å². The Hall–Kier alpha value is -3.17. The van der Waals surface area contributed by atoms with Crippen molar-refractivity contribution < 1.29 is 4.79 Å². The molecule has 3 aromatic rings. The van der Waals surface area contributed by atoms with Gasteiger partial charge in [-0.15, -0.1) is 0 Å². The summed E-state index contributed by atoms with van der Waals surface area (Å²) in [6.45, 7) is 8.09. The van der Waals surface area contributed by atoms with E-state index < -0.39 is 0 Å². The van der Waals surface area contributed by atoms with E-state index in [2.05, 4.69) is 43.8 Å². The molecule has 2 aliphatic rings. The molecule has 38 heavy (non-hydrogen) atoms. The van der Waals surface area contributed by atoms with Gasteiger partial charge in [-0.3, -0.25) is 9.78 Å². The first-order valence-corrected chi connectivity index (χ1v) is 14.2. The van der Waals surface area contributed by atoms with Crippen molar-refractivity contribution >= 4 is 29.2 Å². The first-order valence-electron chi connectivity index (χ1n) is 13.8. The van der Waals surface area contributed by atoms with E-state index in [1.54, 1.807) is 0 Å². The smallest absolute Gasteiger partial charge is 0.164 e. The number of carbonyl (C=O) groups is 1. The average Bonchev–Trinajstić information content (AvgIpc) is 3.81. The summed E-state index contributed by atoms with van der Waals surface area (Å²) >= 11 is 6.53. The van der Waals surface area contributed by atoms with Gasteiger partial charge in [0.25, 0.3) is 0 Å². The van der Waals surface area contributed by atoms with E-state index in [1.807, 2.05) is 31.2 Å². The summed E-state index contributed by atoms with van der Waals surface area (Å²) in [4.78, 5) is 18.5. The third kappa shape index (κ3) is 6.10. The van der Waals surface area contributed by atoms with E-state index in [1.165, 1.54) is 35.2 Å². The van der Waals surface area contributed by atoms with Gasteiger partial charge in [0.1, 0.15) is 0 Å². The molecule has 0 atom stereocenters. The second kappa shape index (κ2) is 11.3. The summed E-state index contributed by atoms with van der Waals surface area (Å²) in [5.41, 5.74) is 16.9. The number of aromatic nitrogens is 1. The highest BCUT2D eigenvalue weighted by atomic mass is 35.5. The number of allylic oxidation sites excluding steroid dienone is 1. The molecule has 0 saturated heterocycles. The number of hydrogen-bond acceptors (Lipinski definition) is 3. The number of nitrogens with two attached hydrogens (primary N) is 1. The highest BCUT2D eigenvalue weighted by molar-refractivity contribution is 6.32. The SMILES string of the molecule is C=Cc1ccc(C)c(Cc2ccc(CCC(C(=O)C3CC3)=C(N)c3c(C)cccc3Cl)nc2CC2CC2)c1. The monoisotopic (exact) mass is 524 g/mol. The van der Waals surface area contributed by atoms with Crippen molar-refractivity contribution in [2.45, 2.75) is 65.2 Å². The summed E-state index contributed by atoms with van der Waals surface area (Å²) in [6, 6.07) is 16.6. The Morgan fingerprint density at radius 3 is 2.53 bits per heavy atom. The van der Waals surface area contributed by atoms with Crippen molar-refractivity contribution in [3.05, 3.63) is 110 Å². The first kappa shape index (κ1) is 26.4. The summed E-state index contributed by atoms with van der Waals surface area (Å²) < 4.78 is 0. The second-order valence-electron chi connectivity index (χ2n) is 11.1. The van der Waals surface area contributed by atoms with E-state index in [9.17, 15) is 4.79 Å². The third-order valence-corrected chi connectivity index (χ3v) is 8.30. The van der Waals surface area contributed by atoms with Gasteiger partial charge in [0.15, 0.2) is 5.78 Å². The summed E-state index contributed by atoms with van der Waals surface area (Å²) in [7, 11) is 0. The van der Waals surface area contributed by atoms with E-state index in [0.717, 1.165) is 54.0 Å². The number of benzene rings is 2. The van der Waals surface area contributed by atoms with E-state index in [0.29, 0.717) is 29.1 Å². The minimum atomic E-state index is 0.0988. The van der Waals surface area contributed by atoms with Gasteiger partial charge in [0, 0.05) is 34.1 Å². The topological polar surface area (TPSA) is 56.0 Å². The number of halogens is 1. The molecule has 0 aliphatic heterocycles. The van der Waals surface area contributed by atoms with Crippen molar-refractivity contribution in [2.24, 2.45) is 17.6 Å². The first-order chi connectivity index (χ1) is 18.3. The highest BCUT2D eigenvalue weighted by Crippen LogP contribution is 2.37. The van der Waals surface area contributed by atoms with Gasteiger partial charge in [-0.1, -0.05) is 60.7 Å². The Kier molecular flexibility index (Phi) is 7.85. The molecule has 2 aromatic carbocycles. The molecule has 0 unspecified atom stereocenters. The Morgan fingerprint density at radius 1 is 1.05 bits per heavy atom. The summed E-state index contributed by atoms with van der Waals surface area (Å²) in [5, 5.41) is 0.591. The fraction of sp³-hybridized carbons (Fsp3) is 0.353. The zero-order chi connectivity index (χ0) is 26.8. The van der Waals surface area contributed by atoms with Crippen LogP contribution in [0.2, 0.25) is 5.02 Å². The van der Waals surface area contributed by atoms with Crippen molar-refractivity contribution in [1.82, 2.24) is 4.98 Å². The molecule has 1 heterocycles. The number of aryl methyl sites for hydroxylation is 3. The lowest BCUT2D eigenvalue weighted by atomic mass is 9.93. The van der Waals surface area contributed by atoms with Crippen LogP contribution in [-0.2, 0) is 24.1 Å². The van der Waals surface area contributed by atoms with Crippen LogP contribution >= 0.6 is 11.6 Å². The van der Waals surface area contributed by atoms with Crippen molar-refractivity contribution in [3.8, 4) is 0 Å². The molecule has 0 spiro atoms. The van der Waals surface area contributed by atoms with Crippen LogP contribution in [0.5, 0.6) is 0 Å². The lowest BCUT2D eigenvalue weighted by molar-refractivity contribution is -0.116. The van der Waals surface area contributed by atoms with Crippen LogP contribution < -0.4 is 5.73 Å².